The second-order valence-corrected chi connectivity index (χ2v) is 4.62. The van der Waals surface area contributed by atoms with Crippen molar-refractivity contribution in [3.05, 3.63) is 18.2 Å². The Balaban J connectivity index is 2.72. The zero-order valence-corrected chi connectivity index (χ0v) is 12.5. The van der Waals surface area contributed by atoms with Crippen molar-refractivity contribution >= 4 is 17.7 Å². The Morgan fingerprint density at radius 3 is 2.05 bits per heavy atom. The van der Waals surface area contributed by atoms with Crippen LogP contribution in [-0.2, 0) is 4.79 Å². The van der Waals surface area contributed by atoms with Crippen LogP contribution in [0, 0.1) is 5.92 Å². The molecule has 1 aromatic rings. The van der Waals surface area contributed by atoms with Gasteiger partial charge in [-0.1, -0.05) is 0 Å². The van der Waals surface area contributed by atoms with Gasteiger partial charge in [-0.2, -0.15) is 0 Å². The summed E-state index contributed by atoms with van der Waals surface area (Å²) in [6.07, 6.45) is 0. The van der Waals surface area contributed by atoms with E-state index in [1.165, 1.54) is 21.1 Å². The van der Waals surface area contributed by atoms with Crippen LogP contribution >= 0.6 is 0 Å². The maximum atomic E-state index is 11.9. The van der Waals surface area contributed by atoms with Crippen LogP contribution < -0.4 is 20.1 Å². The predicted octanol–water partition coefficient (Wildman–Crippen LogP) is 1.93. The minimum atomic E-state index is -0.967. The maximum absolute atomic E-state index is 11.9. The number of methoxy groups -OCH3 is 2. The lowest BCUT2D eigenvalue weighted by Crippen LogP contribution is -2.42. The molecule has 2 unspecified atom stereocenters. The predicted molar refractivity (Wildman–Crippen MR) is 78.0 cm³/mol. The van der Waals surface area contributed by atoms with Crippen LogP contribution in [0.1, 0.15) is 13.8 Å². The highest BCUT2D eigenvalue weighted by Crippen LogP contribution is 2.25. The van der Waals surface area contributed by atoms with Crippen molar-refractivity contribution in [1.82, 2.24) is 5.32 Å². The fraction of sp³-hybridized carbons (Fsp3) is 0.429. The average molecular weight is 296 g/mol. The molecule has 0 aliphatic heterocycles. The number of hydrogen-bond acceptors (Lipinski definition) is 4. The van der Waals surface area contributed by atoms with E-state index in [-0.39, 0.29) is 0 Å². The molecular weight excluding hydrogens is 276 g/mol. The van der Waals surface area contributed by atoms with Crippen LogP contribution in [0.2, 0.25) is 0 Å². The number of carboxylic acids is 1. The minimum Gasteiger partial charge on any atom is -0.497 e. The molecule has 21 heavy (non-hydrogen) atoms. The summed E-state index contributed by atoms with van der Waals surface area (Å²) in [5.41, 5.74) is 0.485. The molecule has 2 amide bonds. The number of nitrogens with one attached hydrogen (secondary N) is 2. The number of hydrogen-bond donors (Lipinski definition) is 3. The number of aliphatic carboxylic acids is 1. The van der Waals surface area contributed by atoms with Gasteiger partial charge in [0.15, 0.2) is 0 Å². The Morgan fingerprint density at radius 2 is 1.62 bits per heavy atom. The van der Waals surface area contributed by atoms with Crippen LogP contribution in [0.4, 0.5) is 10.5 Å². The van der Waals surface area contributed by atoms with Crippen molar-refractivity contribution in [2.45, 2.75) is 19.9 Å². The van der Waals surface area contributed by atoms with Gasteiger partial charge in [0.1, 0.15) is 11.5 Å². The van der Waals surface area contributed by atoms with Crippen LogP contribution in [0.3, 0.4) is 0 Å². The summed E-state index contributed by atoms with van der Waals surface area (Å²) in [7, 11) is 3.02. The number of amides is 2. The fourth-order valence-corrected chi connectivity index (χ4v) is 1.59. The van der Waals surface area contributed by atoms with Crippen molar-refractivity contribution in [2.75, 3.05) is 19.5 Å². The molecule has 0 aliphatic carbocycles. The first kappa shape index (κ1) is 16.6. The number of urea groups is 1. The third-order valence-electron chi connectivity index (χ3n) is 3.11. The smallest absolute Gasteiger partial charge is 0.319 e. The number of anilines is 1. The van der Waals surface area contributed by atoms with Crippen LogP contribution in [0.5, 0.6) is 11.5 Å². The second-order valence-electron chi connectivity index (χ2n) is 4.62. The van der Waals surface area contributed by atoms with E-state index in [1.807, 2.05) is 0 Å². The zero-order valence-electron chi connectivity index (χ0n) is 12.5. The Morgan fingerprint density at radius 1 is 1.10 bits per heavy atom. The first-order chi connectivity index (χ1) is 9.87. The molecule has 0 radical (unpaired) electrons. The van der Waals surface area contributed by atoms with E-state index in [4.69, 9.17) is 14.6 Å². The van der Waals surface area contributed by atoms with Gasteiger partial charge in [0.25, 0.3) is 0 Å². The number of carbonyl (C=O) groups is 2. The molecule has 0 aromatic heterocycles. The third-order valence-corrected chi connectivity index (χ3v) is 3.11. The van der Waals surface area contributed by atoms with E-state index in [2.05, 4.69) is 10.6 Å². The summed E-state index contributed by atoms with van der Waals surface area (Å²) in [4.78, 5) is 22.7. The van der Waals surface area contributed by atoms with E-state index in [0.29, 0.717) is 17.2 Å². The highest BCUT2D eigenvalue weighted by Gasteiger charge is 2.21. The molecule has 0 saturated heterocycles. The van der Waals surface area contributed by atoms with E-state index in [0.717, 1.165) is 0 Å². The molecule has 116 valence electrons. The lowest BCUT2D eigenvalue weighted by molar-refractivity contribution is -0.141. The van der Waals surface area contributed by atoms with Gasteiger partial charge < -0.3 is 25.2 Å². The van der Waals surface area contributed by atoms with Gasteiger partial charge in [-0.05, 0) is 13.8 Å². The number of benzene rings is 1. The van der Waals surface area contributed by atoms with Crippen molar-refractivity contribution in [2.24, 2.45) is 5.92 Å². The highest BCUT2D eigenvalue weighted by atomic mass is 16.5. The zero-order chi connectivity index (χ0) is 16.0. The summed E-state index contributed by atoms with van der Waals surface area (Å²) < 4.78 is 10.2. The summed E-state index contributed by atoms with van der Waals surface area (Å²) >= 11 is 0. The molecule has 0 aliphatic rings. The van der Waals surface area contributed by atoms with E-state index in [9.17, 15) is 9.59 Å². The first-order valence-corrected chi connectivity index (χ1v) is 6.40. The number of ether oxygens (including phenoxy) is 2. The molecule has 0 spiro atoms. The van der Waals surface area contributed by atoms with Crippen molar-refractivity contribution in [3.8, 4) is 11.5 Å². The van der Waals surface area contributed by atoms with E-state index >= 15 is 0 Å². The van der Waals surface area contributed by atoms with Crippen molar-refractivity contribution < 1.29 is 24.2 Å². The summed E-state index contributed by atoms with van der Waals surface area (Å²) in [6.45, 7) is 3.16. The number of carbonyl (C=O) groups excluding carboxylic acids is 1. The molecule has 0 heterocycles. The summed E-state index contributed by atoms with van der Waals surface area (Å²) in [6, 6.07) is 3.94. The summed E-state index contributed by atoms with van der Waals surface area (Å²) in [5.74, 6) is -0.574. The second kappa shape index (κ2) is 7.37. The lowest BCUT2D eigenvalue weighted by Gasteiger charge is -2.18. The topological polar surface area (TPSA) is 96.9 Å². The summed E-state index contributed by atoms with van der Waals surface area (Å²) in [5, 5.41) is 14.1. The largest absolute Gasteiger partial charge is 0.497 e. The normalized spacial score (nSPS) is 13.0. The standard InChI is InChI=1S/C14H20N2O5/c1-8(13(17)18)9(2)15-14(19)16-10-5-11(20-3)7-12(6-10)21-4/h5-9H,1-4H3,(H,17,18)(H2,15,16,19). The Labute approximate surface area is 123 Å². The Kier molecular flexibility index (Phi) is 5.83. The molecule has 0 bridgehead atoms. The molecule has 7 heteroatoms. The lowest BCUT2D eigenvalue weighted by atomic mass is 10.0. The van der Waals surface area contributed by atoms with Crippen molar-refractivity contribution in [3.63, 3.8) is 0 Å². The first-order valence-electron chi connectivity index (χ1n) is 6.40. The molecule has 1 rings (SSSR count). The van der Waals surface area contributed by atoms with Crippen LogP contribution in [0.25, 0.3) is 0 Å². The van der Waals surface area contributed by atoms with Gasteiger partial charge in [0, 0.05) is 29.9 Å². The molecule has 3 N–H and O–H groups in total. The molecule has 7 nitrogen and oxygen atoms in total. The molecule has 2 atom stereocenters. The quantitative estimate of drug-likeness (QED) is 0.745. The van der Waals surface area contributed by atoms with Gasteiger partial charge in [-0.25, -0.2) is 4.79 Å². The SMILES string of the molecule is COc1cc(NC(=O)NC(C)C(C)C(=O)O)cc(OC)c1. The third kappa shape index (κ3) is 4.87. The molecule has 1 aromatic carbocycles. The van der Waals surface area contributed by atoms with Crippen molar-refractivity contribution in [1.29, 1.82) is 0 Å². The minimum absolute atomic E-state index is 0.485. The number of rotatable bonds is 6. The van der Waals surface area contributed by atoms with Gasteiger partial charge in [-0.15, -0.1) is 0 Å². The van der Waals surface area contributed by atoms with Gasteiger partial charge in [0.05, 0.1) is 20.1 Å². The molecule has 0 fully saturated rings. The molecular formula is C14H20N2O5. The highest BCUT2D eigenvalue weighted by molar-refractivity contribution is 5.90. The fourth-order valence-electron chi connectivity index (χ4n) is 1.59. The van der Waals surface area contributed by atoms with Gasteiger partial charge in [-0.3, -0.25) is 4.79 Å². The van der Waals surface area contributed by atoms with Gasteiger partial charge in [0.2, 0.25) is 0 Å². The maximum Gasteiger partial charge on any atom is 0.319 e. The Hall–Kier alpha value is -2.44. The monoisotopic (exact) mass is 296 g/mol. The van der Waals surface area contributed by atoms with E-state index < -0.39 is 24.0 Å². The van der Waals surface area contributed by atoms with Crippen LogP contribution in [0.15, 0.2) is 18.2 Å². The van der Waals surface area contributed by atoms with E-state index in [1.54, 1.807) is 25.1 Å². The van der Waals surface area contributed by atoms with Gasteiger partial charge >= 0.3 is 12.0 Å². The van der Waals surface area contributed by atoms with Crippen LogP contribution in [-0.4, -0.2) is 37.4 Å². The average Bonchev–Trinajstić information content (AvgIpc) is 2.45. The molecule has 0 saturated carbocycles. The Bertz CT molecular complexity index is 496. The number of carboxylic acid groups (broad SMARTS) is 1.